The molecule has 0 N–H and O–H groups in total. The molecule has 4 aromatic carbocycles. The van der Waals surface area contributed by atoms with Gasteiger partial charge < -0.3 is 9.47 Å². The lowest BCUT2D eigenvalue weighted by atomic mass is 9.96. The molecule has 0 radical (unpaired) electrons. The molecule has 168 valence electrons. The number of halogens is 1. The number of benzene rings is 4. The van der Waals surface area contributed by atoms with Gasteiger partial charge in [-0.15, -0.1) is 0 Å². The maximum Gasteiger partial charge on any atom is 0.213 e. The molecule has 0 aromatic heterocycles. The topological polar surface area (TPSA) is 34.1 Å². The quantitative estimate of drug-likeness (QED) is 0.313. The monoisotopic (exact) mass is 466 g/mol. The summed E-state index contributed by atoms with van der Waals surface area (Å²) < 4.78 is 12.4. The average Bonchev–Trinajstić information content (AvgIpc) is 3.34. The summed E-state index contributed by atoms with van der Waals surface area (Å²) in [6.45, 7) is 0.538. The number of rotatable bonds is 5. The van der Waals surface area contributed by atoms with E-state index in [1.807, 2.05) is 66.7 Å². The van der Waals surface area contributed by atoms with Gasteiger partial charge in [-0.3, -0.25) is 0 Å². The van der Waals surface area contributed by atoms with E-state index in [0.29, 0.717) is 6.61 Å². The second-order valence-electron chi connectivity index (χ2n) is 8.50. The minimum absolute atomic E-state index is 0.120. The zero-order chi connectivity index (χ0) is 22.9. The summed E-state index contributed by atoms with van der Waals surface area (Å²) in [6, 6.07) is 34.5. The number of nitrogens with zero attached hydrogens (tertiary/aromatic N) is 2. The van der Waals surface area contributed by atoms with Crippen molar-refractivity contribution in [3.63, 3.8) is 0 Å². The first-order chi connectivity index (χ1) is 16.7. The highest BCUT2D eigenvalue weighted by Crippen LogP contribution is 2.47. The van der Waals surface area contributed by atoms with E-state index in [4.69, 9.17) is 26.2 Å². The highest BCUT2D eigenvalue weighted by Gasteiger charge is 2.40. The van der Waals surface area contributed by atoms with Gasteiger partial charge in [-0.25, -0.2) is 5.01 Å². The summed E-state index contributed by atoms with van der Waals surface area (Å²) in [5.41, 5.74) is 5.46. The van der Waals surface area contributed by atoms with Crippen molar-refractivity contribution in [2.24, 2.45) is 5.10 Å². The lowest BCUT2D eigenvalue weighted by Gasteiger charge is -2.38. The van der Waals surface area contributed by atoms with Crippen molar-refractivity contribution in [3.05, 3.63) is 130 Å². The fraction of sp³-hybridized carbons (Fsp3) is 0.138. The van der Waals surface area contributed by atoms with E-state index in [1.54, 1.807) is 0 Å². The Morgan fingerprint density at radius 3 is 2.38 bits per heavy atom. The second-order valence-corrected chi connectivity index (χ2v) is 8.94. The normalized spacial score (nSPS) is 18.5. The van der Waals surface area contributed by atoms with Gasteiger partial charge in [0.05, 0.1) is 11.8 Å². The molecule has 0 unspecified atom stereocenters. The number of hydrogen-bond donors (Lipinski definition) is 0. The SMILES string of the molecule is Clc1ccc(C2=NN3[C@@H](c4ccc(OCc5ccccc5)cc4)Oc4ccccc4[C@@H]3C2)cc1. The van der Waals surface area contributed by atoms with Crippen LogP contribution in [0.5, 0.6) is 11.5 Å². The largest absolute Gasteiger partial charge is 0.489 e. The molecule has 34 heavy (non-hydrogen) atoms. The molecule has 4 nitrogen and oxygen atoms in total. The van der Waals surface area contributed by atoms with Gasteiger partial charge in [0, 0.05) is 22.6 Å². The van der Waals surface area contributed by atoms with Crippen molar-refractivity contribution < 1.29 is 9.47 Å². The number of ether oxygens (including phenoxy) is 2. The summed E-state index contributed by atoms with van der Waals surface area (Å²) in [4.78, 5) is 0. The Hall–Kier alpha value is -3.76. The Bertz CT molecular complexity index is 1320. The average molecular weight is 467 g/mol. The van der Waals surface area contributed by atoms with Crippen LogP contribution in [0.3, 0.4) is 0 Å². The summed E-state index contributed by atoms with van der Waals surface area (Å²) in [5.74, 6) is 1.73. The Balaban J connectivity index is 1.28. The molecular weight excluding hydrogens is 444 g/mol. The Morgan fingerprint density at radius 2 is 1.59 bits per heavy atom. The van der Waals surface area contributed by atoms with Crippen LogP contribution in [-0.4, -0.2) is 10.7 Å². The lowest BCUT2D eigenvalue weighted by Crippen LogP contribution is -2.33. The van der Waals surface area contributed by atoms with Gasteiger partial charge in [-0.05, 0) is 53.6 Å². The third-order valence-corrected chi connectivity index (χ3v) is 6.54. The highest BCUT2D eigenvalue weighted by molar-refractivity contribution is 6.30. The molecule has 2 aliphatic rings. The predicted molar refractivity (Wildman–Crippen MR) is 134 cm³/mol. The molecule has 0 amide bonds. The van der Waals surface area contributed by atoms with Crippen LogP contribution in [0.25, 0.3) is 0 Å². The van der Waals surface area contributed by atoms with Gasteiger partial charge in [-0.1, -0.05) is 72.3 Å². The van der Waals surface area contributed by atoms with Crippen LogP contribution < -0.4 is 9.47 Å². The molecule has 5 heteroatoms. The van der Waals surface area contributed by atoms with Crippen LogP contribution in [0.2, 0.25) is 5.02 Å². The van der Waals surface area contributed by atoms with E-state index in [1.165, 1.54) is 0 Å². The van der Waals surface area contributed by atoms with Gasteiger partial charge in [-0.2, -0.15) is 5.10 Å². The fourth-order valence-corrected chi connectivity index (χ4v) is 4.67. The predicted octanol–water partition coefficient (Wildman–Crippen LogP) is 7.16. The molecule has 0 aliphatic carbocycles. The standard InChI is InChI=1S/C29H23ClN2O2/c30-23-14-10-21(11-15-23)26-18-27-25-8-4-5-9-28(25)34-29(32(27)31-26)22-12-16-24(17-13-22)33-19-20-6-2-1-3-7-20/h1-17,27,29H,18-19H2/t27-,29+/m0/s1. The number of fused-ring (bicyclic) bond motifs is 3. The molecule has 2 atom stereocenters. The van der Waals surface area contributed by atoms with Gasteiger partial charge >= 0.3 is 0 Å². The minimum atomic E-state index is -0.312. The summed E-state index contributed by atoms with van der Waals surface area (Å²) in [6.07, 6.45) is 0.504. The first-order valence-electron chi connectivity index (χ1n) is 11.4. The van der Waals surface area contributed by atoms with Crippen molar-refractivity contribution in [1.29, 1.82) is 0 Å². The molecule has 2 aliphatic heterocycles. The van der Waals surface area contributed by atoms with E-state index in [0.717, 1.165) is 50.9 Å². The summed E-state index contributed by atoms with van der Waals surface area (Å²) in [7, 11) is 0. The molecule has 0 saturated heterocycles. The van der Waals surface area contributed by atoms with Gasteiger partial charge in [0.2, 0.25) is 6.23 Å². The first kappa shape index (κ1) is 20.8. The van der Waals surface area contributed by atoms with Gasteiger partial charge in [0.15, 0.2) is 0 Å². The van der Waals surface area contributed by atoms with Crippen LogP contribution in [0, 0.1) is 0 Å². The minimum Gasteiger partial charge on any atom is -0.489 e. The van der Waals surface area contributed by atoms with Crippen LogP contribution in [0.4, 0.5) is 0 Å². The van der Waals surface area contributed by atoms with Crippen molar-refractivity contribution >= 4 is 17.3 Å². The lowest BCUT2D eigenvalue weighted by molar-refractivity contribution is -0.0190. The molecule has 0 fully saturated rings. The Morgan fingerprint density at radius 1 is 0.853 bits per heavy atom. The number of para-hydroxylation sites is 1. The van der Waals surface area contributed by atoms with E-state index >= 15 is 0 Å². The Kier molecular flexibility index (Phi) is 5.44. The Labute approximate surface area is 204 Å². The van der Waals surface area contributed by atoms with Crippen molar-refractivity contribution in [2.45, 2.75) is 25.3 Å². The molecule has 0 spiro atoms. The summed E-state index contributed by atoms with van der Waals surface area (Å²) >= 11 is 6.10. The second kappa shape index (κ2) is 8.88. The van der Waals surface area contributed by atoms with Crippen molar-refractivity contribution in [1.82, 2.24) is 5.01 Å². The third kappa shape index (κ3) is 4.02. The van der Waals surface area contributed by atoms with E-state index in [9.17, 15) is 0 Å². The summed E-state index contributed by atoms with van der Waals surface area (Å²) in [5, 5.41) is 7.83. The van der Waals surface area contributed by atoms with Gasteiger partial charge in [0.25, 0.3) is 0 Å². The van der Waals surface area contributed by atoms with E-state index in [-0.39, 0.29) is 12.3 Å². The molecule has 0 bridgehead atoms. The molecule has 0 saturated carbocycles. The highest BCUT2D eigenvalue weighted by atomic mass is 35.5. The number of hydrogen-bond acceptors (Lipinski definition) is 4. The fourth-order valence-electron chi connectivity index (χ4n) is 4.54. The van der Waals surface area contributed by atoms with E-state index in [2.05, 4.69) is 41.4 Å². The van der Waals surface area contributed by atoms with Crippen molar-refractivity contribution in [3.8, 4) is 11.5 Å². The van der Waals surface area contributed by atoms with E-state index < -0.39 is 0 Å². The molecule has 2 heterocycles. The van der Waals surface area contributed by atoms with Crippen LogP contribution in [0.1, 0.15) is 40.9 Å². The van der Waals surface area contributed by atoms with Crippen LogP contribution in [-0.2, 0) is 6.61 Å². The smallest absolute Gasteiger partial charge is 0.213 e. The third-order valence-electron chi connectivity index (χ3n) is 6.29. The zero-order valence-corrected chi connectivity index (χ0v) is 19.2. The maximum absolute atomic E-state index is 6.46. The maximum atomic E-state index is 6.46. The zero-order valence-electron chi connectivity index (χ0n) is 18.5. The van der Waals surface area contributed by atoms with Gasteiger partial charge in [0.1, 0.15) is 18.1 Å². The van der Waals surface area contributed by atoms with Crippen LogP contribution in [0.15, 0.2) is 108 Å². The molecule has 4 aromatic rings. The number of hydrazone groups is 1. The molecular formula is C29H23ClN2O2. The first-order valence-corrected chi connectivity index (χ1v) is 11.8. The molecule has 6 rings (SSSR count). The van der Waals surface area contributed by atoms with Crippen molar-refractivity contribution in [2.75, 3.05) is 0 Å². The van der Waals surface area contributed by atoms with Crippen LogP contribution >= 0.6 is 11.6 Å².